The molecule has 52 valence electrons. The Labute approximate surface area is 57.3 Å². The second-order valence-electron chi connectivity index (χ2n) is 1.92. The molecule has 5 nitrogen and oxygen atoms in total. The number of β-lactam (4-membered cyclic amide) rings is 1. The van der Waals surface area contributed by atoms with E-state index in [4.69, 9.17) is 5.53 Å². The highest BCUT2D eigenvalue weighted by Gasteiger charge is 2.35. The van der Waals surface area contributed by atoms with Gasteiger partial charge in [-0.2, -0.15) is 0 Å². The lowest BCUT2D eigenvalue weighted by atomic mass is 10.0. The van der Waals surface area contributed by atoms with Gasteiger partial charge in [-0.3, -0.25) is 4.79 Å². The van der Waals surface area contributed by atoms with Gasteiger partial charge in [0.05, 0.1) is 6.04 Å². The van der Waals surface area contributed by atoms with Crippen LogP contribution in [0.15, 0.2) is 17.8 Å². The van der Waals surface area contributed by atoms with Crippen molar-refractivity contribution in [2.45, 2.75) is 12.1 Å². The minimum absolute atomic E-state index is 0.177. The van der Waals surface area contributed by atoms with Crippen LogP contribution in [-0.4, -0.2) is 18.0 Å². The summed E-state index contributed by atoms with van der Waals surface area (Å²) < 4.78 is 0. The first-order valence-corrected chi connectivity index (χ1v) is 2.76. The third-order valence-corrected chi connectivity index (χ3v) is 1.35. The molecule has 1 aliphatic heterocycles. The van der Waals surface area contributed by atoms with E-state index in [-0.39, 0.29) is 11.9 Å². The lowest BCUT2D eigenvalue weighted by Gasteiger charge is -2.30. The fourth-order valence-corrected chi connectivity index (χ4v) is 0.763. The number of carbonyl (C=O) groups is 1. The molecule has 0 aliphatic carbocycles. The number of carbonyl (C=O) groups excluding carboxylic acids is 1. The van der Waals surface area contributed by atoms with Crippen LogP contribution in [0.2, 0.25) is 0 Å². The average molecular weight is 138 g/mol. The Kier molecular flexibility index (Phi) is 1.60. The second-order valence-corrected chi connectivity index (χ2v) is 1.92. The predicted octanol–water partition coefficient (Wildman–Crippen LogP) is 0.350. The van der Waals surface area contributed by atoms with Crippen molar-refractivity contribution in [3.05, 3.63) is 23.1 Å². The van der Waals surface area contributed by atoms with Crippen LogP contribution in [0.25, 0.3) is 10.4 Å². The van der Waals surface area contributed by atoms with Crippen LogP contribution in [0, 0.1) is 0 Å². The Morgan fingerprint density at radius 2 is 2.60 bits per heavy atom. The molecule has 5 heteroatoms. The van der Waals surface area contributed by atoms with E-state index in [1.54, 1.807) is 6.08 Å². The summed E-state index contributed by atoms with van der Waals surface area (Å²) in [4.78, 5) is 13.1. The molecule has 2 unspecified atom stereocenters. The molecule has 0 saturated carbocycles. The van der Waals surface area contributed by atoms with Gasteiger partial charge in [0.2, 0.25) is 5.91 Å². The third-order valence-electron chi connectivity index (χ3n) is 1.35. The predicted molar refractivity (Wildman–Crippen MR) is 35.1 cm³/mol. The molecule has 0 aromatic heterocycles. The van der Waals surface area contributed by atoms with Crippen molar-refractivity contribution in [1.82, 2.24) is 5.32 Å². The number of nitrogens with one attached hydrogen (secondary N) is 1. The molecule has 1 N–H and O–H groups in total. The topological polar surface area (TPSA) is 77.9 Å². The van der Waals surface area contributed by atoms with Crippen LogP contribution < -0.4 is 5.32 Å². The van der Waals surface area contributed by atoms with Crippen LogP contribution in [0.4, 0.5) is 0 Å². The van der Waals surface area contributed by atoms with Crippen molar-refractivity contribution in [3.8, 4) is 0 Å². The zero-order chi connectivity index (χ0) is 7.56. The SMILES string of the molecule is C=CC1NC(=O)C1N=[N+]=[N-]. The first-order chi connectivity index (χ1) is 4.79. The molecule has 0 radical (unpaired) electrons. The van der Waals surface area contributed by atoms with Gasteiger partial charge >= 0.3 is 0 Å². The smallest absolute Gasteiger partial charge is 0.231 e. The maximum atomic E-state index is 10.6. The molecule has 1 amide bonds. The Balaban J connectivity index is 2.64. The van der Waals surface area contributed by atoms with E-state index in [2.05, 4.69) is 21.9 Å². The molecular weight excluding hydrogens is 132 g/mol. The summed E-state index contributed by atoms with van der Waals surface area (Å²) in [7, 11) is 0. The summed E-state index contributed by atoms with van der Waals surface area (Å²) in [5, 5.41) is 5.77. The number of amides is 1. The minimum atomic E-state index is -0.581. The van der Waals surface area contributed by atoms with Crippen molar-refractivity contribution in [1.29, 1.82) is 0 Å². The molecule has 1 fully saturated rings. The van der Waals surface area contributed by atoms with Crippen molar-refractivity contribution < 1.29 is 4.79 Å². The first-order valence-electron chi connectivity index (χ1n) is 2.76. The third kappa shape index (κ3) is 0.825. The maximum Gasteiger partial charge on any atom is 0.231 e. The van der Waals surface area contributed by atoms with Gasteiger partial charge in [-0.15, -0.1) is 6.58 Å². The lowest BCUT2D eigenvalue weighted by Crippen LogP contribution is -2.60. The van der Waals surface area contributed by atoms with Gasteiger partial charge in [-0.25, -0.2) is 0 Å². The Morgan fingerprint density at radius 1 is 1.90 bits per heavy atom. The molecule has 10 heavy (non-hydrogen) atoms. The molecule has 1 heterocycles. The molecule has 0 aromatic carbocycles. The van der Waals surface area contributed by atoms with E-state index < -0.39 is 6.04 Å². The summed E-state index contributed by atoms with van der Waals surface area (Å²) in [5.41, 5.74) is 7.98. The highest BCUT2D eigenvalue weighted by molar-refractivity contribution is 5.90. The van der Waals surface area contributed by atoms with E-state index in [0.717, 1.165) is 0 Å². The monoisotopic (exact) mass is 138 g/mol. The zero-order valence-electron chi connectivity index (χ0n) is 5.19. The number of hydrogen-bond donors (Lipinski definition) is 1. The van der Waals surface area contributed by atoms with Gasteiger partial charge in [0.1, 0.15) is 6.04 Å². The molecular formula is C5H6N4O. The molecule has 1 saturated heterocycles. The summed E-state index contributed by atoms with van der Waals surface area (Å²) in [5.74, 6) is -0.234. The lowest BCUT2D eigenvalue weighted by molar-refractivity contribution is -0.129. The highest BCUT2D eigenvalue weighted by atomic mass is 16.2. The fraction of sp³-hybridized carbons (Fsp3) is 0.400. The van der Waals surface area contributed by atoms with Gasteiger partial charge in [-0.1, -0.05) is 11.2 Å². The van der Waals surface area contributed by atoms with Crippen LogP contribution in [0.5, 0.6) is 0 Å². The molecule has 0 spiro atoms. The fourth-order valence-electron chi connectivity index (χ4n) is 0.763. The molecule has 1 rings (SSSR count). The number of rotatable bonds is 2. The van der Waals surface area contributed by atoms with E-state index >= 15 is 0 Å². The summed E-state index contributed by atoms with van der Waals surface area (Å²) in [6.07, 6.45) is 1.54. The quantitative estimate of drug-likeness (QED) is 0.193. The van der Waals surface area contributed by atoms with Crippen LogP contribution >= 0.6 is 0 Å². The van der Waals surface area contributed by atoms with Crippen LogP contribution in [-0.2, 0) is 4.79 Å². The van der Waals surface area contributed by atoms with Crippen molar-refractivity contribution in [2.75, 3.05) is 0 Å². The molecule has 0 aromatic rings. The number of azide groups is 1. The van der Waals surface area contributed by atoms with Gasteiger partial charge in [0.25, 0.3) is 0 Å². The van der Waals surface area contributed by atoms with Gasteiger partial charge < -0.3 is 5.32 Å². The van der Waals surface area contributed by atoms with E-state index in [9.17, 15) is 4.79 Å². The van der Waals surface area contributed by atoms with Crippen LogP contribution in [0.1, 0.15) is 0 Å². The minimum Gasteiger partial charge on any atom is -0.349 e. The Morgan fingerprint density at radius 3 is 3.00 bits per heavy atom. The maximum absolute atomic E-state index is 10.6. The van der Waals surface area contributed by atoms with Crippen LogP contribution in [0.3, 0.4) is 0 Å². The largest absolute Gasteiger partial charge is 0.349 e. The number of hydrogen-bond acceptors (Lipinski definition) is 2. The highest BCUT2D eigenvalue weighted by Crippen LogP contribution is 2.10. The zero-order valence-corrected chi connectivity index (χ0v) is 5.19. The summed E-state index contributed by atoms with van der Waals surface area (Å²) in [6.45, 7) is 3.45. The normalized spacial score (nSPS) is 29.4. The molecule has 1 aliphatic rings. The number of nitrogens with zero attached hydrogens (tertiary/aromatic N) is 3. The van der Waals surface area contributed by atoms with Gasteiger partial charge in [0, 0.05) is 4.91 Å². The van der Waals surface area contributed by atoms with Gasteiger partial charge in [0.15, 0.2) is 0 Å². The Bertz CT molecular complexity index is 216. The van der Waals surface area contributed by atoms with E-state index in [1.807, 2.05) is 0 Å². The van der Waals surface area contributed by atoms with E-state index in [0.29, 0.717) is 0 Å². The summed E-state index contributed by atoms with van der Waals surface area (Å²) >= 11 is 0. The van der Waals surface area contributed by atoms with Gasteiger partial charge in [-0.05, 0) is 5.53 Å². The Hall–Kier alpha value is -1.48. The summed E-state index contributed by atoms with van der Waals surface area (Å²) in [6, 6.07) is -0.758. The first kappa shape index (κ1) is 6.64. The van der Waals surface area contributed by atoms with E-state index in [1.165, 1.54) is 0 Å². The molecule has 0 bridgehead atoms. The van der Waals surface area contributed by atoms with Crippen molar-refractivity contribution >= 4 is 5.91 Å². The molecule has 2 atom stereocenters. The second kappa shape index (κ2) is 2.41. The average Bonchev–Trinajstić information content (AvgIpc) is 1.95. The standard InChI is InChI=1S/C5H6N4O/c1-2-3-4(8-9-6)5(10)7-3/h2-4H,1H2,(H,7,10). The van der Waals surface area contributed by atoms with Crippen molar-refractivity contribution in [3.63, 3.8) is 0 Å². The van der Waals surface area contributed by atoms with Crippen molar-refractivity contribution in [2.24, 2.45) is 5.11 Å².